The normalized spacial score (nSPS) is 14.3. The van der Waals surface area contributed by atoms with Crippen LogP contribution in [0.2, 0.25) is 0 Å². The minimum Gasteiger partial charge on any atom is -0.508 e. The summed E-state index contributed by atoms with van der Waals surface area (Å²) in [5.74, 6) is -13.6. The lowest BCUT2D eigenvalue weighted by atomic mass is 10.0. The summed E-state index contributed by atoms with van der Waals surface area (Å²) in [6.45, 7) is 3.99. The van der Waals surface area contributed by atoms with Crippen LogP contribution in [-0.4, -0.2) is 176 Å². The minimum atomic E-state index is -2.02. The Bertz CT molecular complexity index is 2490. The first-order valence-corrected chi connectivity index (χ1v) is 25.9. The number of aromatic hydroxyl groups is 2. The summed E-state index contributed by atoms with van der Waals surface area (Å²) in [6, 6.07) is -1.73. The molecule has 0 spiro atoms. The van der Waals surface area contributed by atoms with Crippen LogP contribution in [-0.2, 0) is 65.6 Å². The molecule has 0 aliphatic heterocycles. The monoisotopic (exact) mass is 1140 g/mol. The van der Waals surface area contributed by atoms with Crippen molar-refractivity contribution in [3.63, 3.8) is 0 Å². The third-order valence-electron chi connectivity index (χ3n) is 12.1. The Hall–Kier alpha value is -8.64. The van der Waals surface area contributed by atoms with E-state index >= 15 is 0 Å². The summed E-state index contributed by atoms with van der Waals surface area (Å²) in [7, 11) is 0. The molecule has 0 radical (unpaired) electrons. The van der Waals surface area contributed by atoms with E-state index < -0.39 is 145 Å². The topological polar surface area (TPSA) is 522 Å². The van der Waals surface area contributed by atoms with Crippen LogP contribution in [0.5, 0.6) is 11.5 Å². The second kappa shape index (κ2) is 35.1. The first kappa shape index (κ1) is 68.5. The number of hydrogen-bond acceptors (Lipinski definition) is 17. The van der Waals surface area contributed by atoms with Crippen molar-refractivity contribution in [3.8, 4) is 11.5 Å². The largest absolute Gasteiger partial charge is 0.508 e. The van der Waals surface area contributed by atoms with E-state index in [2.05, 4.69) is 47.5 Å². The maximum atomic E-state index is 14.1. The number of nitrogens with two attached hydrogens (primary N) is 4. The third kappa shape index (κ3) is 26.7. The standard InChI is InChI=1S/C51H77N13O17/c1-26(2)21-35(64-49(79)42(53)27(3)65)46(76)59-33(17-18-40(69)70)45(75)63-38(24-41(71)72)48(78)61-36(22-28-9-13-30(66)14-10-28)43(73)57-25-39(68)58-32(8-6-20-56-51(54)55)44(74)62-37(23-29-11-15-31(67)16-12-29)47(77)60-34(50(80)81)7-4-5-19-52/h9-16,26-27,32-38,42,65-67H,4-8,17-25,52-53H2,1-3H3,(H,57,73)(H,58,68)(H,59,76)(H,60,77)(H,61,78)(H,62,74)(H,63,75)(H,64,79)(H,69,70)(H,71,72)(H,80,81)(H4,54,55,56)/t27-,32+,33+,34+,35+,36+,37+,38+,42+/m1/s1. The predicted molar refractivity (Wildman–Crippen MR) is 289 cm³/mol. The van der Waals surface area contributed by atoms with Gasteiger partial charge in [0, 0.05) is 25.8 Å². The number of aliphatic hydroxyl groups excluding tert-OH is 1. The van der Waals surface area contributed by atoms with Gasteiger partial charge in [0.05, 0.1) is 19.1 Å². The Balaban J connectivity index is 2.46. The fourth-order valence-electron chi connectivity index (χ4n) is 7.68. The molecule has 2 rings (SSSR count). The number of phenols is 2. The number of hydrogen-bond donors (Lipinski definition) is 18. The quantitative estimate of drug-likeness (QED) is 0.0173. The van der Waals surface area contributed by atoms with E-state index in [1.165, 1.54) is 55.5 Å². The molecule has 81 heavy (non-hydrogen) atoms. The minimum absolute atomic E-state index is 0.0112. The lowest BCUT2D eigenvalue weighted by Gasteiger charge is -2.27. The maximum Gasteiger partial charge on any atom is 0.326 e. The Morgan fingerprint density at radius 3 is 1.46 bits per heavy atom. The number of rotatable bonds is 37. The Morgan fingerprint density at radius 1 is 0.531 bits per heavy atom. The van der Waals surface area contributed by atoms with E-state index in [1.54, 1.807) is 13.8 Å². The van der Waals surface area contributed by atoms with Crippen LogP contribution in [0.1, 0.15) is 89.7 Å². The molecule has 448 valence electrons. The molecule has 9 atom stereocenters. The Morgan fingerprint density at radius 2 is 0.975 bits per heavy atom. The van der Waals surface area contributed by atoms with Gasteiger partial charge in [-0.1, -0.05) is 38.1 Å². The zero-order valence-corrected chi connectivity index (χ0v) is 45.2. The number of carboxylic acid groups (broad SMARTS) is 3. The third-order valence-corrected chi connectivity index (χ3v) is 12.1. The highest BCUT2D eigenvalue weighted by Gasteiger charge is 2.35. The summed E-state index contributed by atoms with van der Waals surface area (Å²) < 4.78 is 0. The fourth-order valence-corrected chi connectivity index (χ4v) is 7.68. The van der Waals surface area contributed by atoms with E-state index in [-0.39, 0.29) is 75.0 Å². The predicted octanol–water partition coefficient (Wildman–Crippen LogP) is -4.25. The smallest absolute Gasteiger partial charge is 0.326 e. The molecular weight excluding hydrogens is 1070 g/mol. The summed E-state index contributed by atoms with van der Waals surface area (Å²) >= 11 is 0. The first-order valence-electron chi connectivity index (χ1n) is 25.9. The summed E-state index contributed by atoms with van der Waals surface area (Å²) in [5.41, 5.74) is 22.9. The second-order valence-electron chi connectivity index (χ2n) is 19.4. The van der Waals surface area contributed by atoms with Crippen molar-refractivity contribution in [2.75, 3.05) is 19.6 Å². The van der Waals surface area contributed by atoms with Crippen LogP contribution in [0, 0.1) is 5.92 Å². The van der Waals surface area contributed by atoms with Gasteiger partial charge in [-0.2, -0.15) is 0 Å². The van der Waals surface area contributed by atoms with Gasteiger partial charge >= 0.3 is 17.9 Å². The Kier molecular flexibility index (Phi) is 29.6. The molecule has 8 amide bonds. The van der Waals surface area contributed by atoms with Gasteiger partial charge in [-0.3, -0.25) is 52.9 Å². The highest BCUT2D eigenvalue weighted by molar-refractivity contribution is 5.98. The molecule has 0 aliphatic rings. The number of aliphatic imine (C=N–C) groups is 1. The molecule has 0 bridgehead atoms. The van der Waals surface area contributed by atoms with Crippen molar-refractivity contribution < 1.29 is 83.4 Å². The molecule has 30 nitrogen and oxygen atoms in total. The number of carbonyl (C=O) groups excluding carboxylic acids is 8. The molecule has 22 N–H and O–H groups in total. The fraction of sp³-hybridized carbons (Fsp3) is 0.529. The highest BCUT2D eigenvalue weighted by Crippen LogP contribution is 2.15. The molecule has 0 aromatic heterocycles. The molecule has 30 heteroatoms. The number of carbonyl (C=O) groups is 11. The van der Waals surface area contributed by atoms with Crippen molar-refractivity contribution in [1.29, 1.82) is 0 Å². The van der Waals surface area contributed by atoms with Crippen molar-refractivity contribution in [2.45, 2.75) is 146 Å². The number of carboxylic acids is 3. The number of aliphatic hydroxyl groups is 1. The van der Waals surface area contributed by atoms with Gasteiger partial charge < -0.3 is 96.1 Å². The first-order chi connectivity index (χ1) is 38.1. The van der Waals surface area contributed by atoms with Crippen LogP contribution in [0.3, 0.4) is 0 Å². The second-order valence-corrected chi connectivity index (χ2v) is 19.4. The number of nitrogens with zero attached hydrogens (tertiary/aromatic N) is 1. The van der Waals surface area contributed by atoms with Crippen molar-refractivity contribution in [1.82, 2.24) is 42.5 Å². The molecule has 0 fully saturated rings. The number of unbranched alkanes of at least 4 members (excludes halogenated alkanes) is 1. The van der Waals surface area contributed by atoms with Crippen LogP contribution in [0.25, 0.3) is 0 Å². The van der Waals surface area contributed by atoms with Crippen molar-refractivity contribution in [2.24, 2.45) is 33.8 Å². The van der Waals surface area contributed by atoms with E-state index in [4.69, 9.17) is 22.9 Å². The van der Waals surface area contributed by atoms with Crippen molar-refractivity contribution >= 4 is 71.1 Å². The number of aliphatic carboxylic acids is 3. The number of nitrogens with one attached hydrogen (secondary N) is 8. The lowest BCUT2D eigenvalue weighted by Crippen LogP contribution is -2.60. The van der Waals surface area contributed by atoms with Crippen LogP contribution < -0.4 is 65.5 Å². The molecule has 0 aliphatic carbocycles. The maximum absolute atomic E-state index is 14.1. The molecule has 2 aromatic rings. The average molecular weight is 1140 g/mol. The SMILES string of the molecule is CC(C)C[C@H](NC(=O)[C@@H](N)[C@@H](C)O)C(=O)N[C@@H](CCC(=O)O)C(=O)N[C@@H](CC(=O)O)C(=O)N[C@@H](Cc1ccc(O)cc1)C(=O)NCC(=O)N[C@@H](CCCN=C(N)N)C(=O)N[C@@H](Cc1ccc(O)cc1)C(=O)N[C@@H](CCCCN)C(=O)O. The summed E-state index contributed by atoms with van der Waals surface area (Å²) in [6.07, 6.45) is -3.68. The highest BCUT2D eigenvalue weighted by atomic mass is 16.4. The van der Waals surface area contributed by atoms with E-state index in [0.717, 1.165) is 0 Å². The van der Waals surface area contributed by atoms with Gasteiger partial charge in [-0.25, -0.2) is 4.79 Å². The lowest BCUT2D eigenvalue weighted by molar-refractivity contribution is -0.142. The number of benzene rings is 2. The van der Waals surface area contributed by atoms with Gasteiger partial charge in [0.2, 0.25) is 47.3 Å². The molecule has 0 heterocycles. The van der Waals surface area contributed by atoms with E-state index in [0.29, 0.717) is 24.0 Å². The summed E-state index contributed by atoms with van der Waals surface area (Å²) in [5, 5.41) is 77.7. The zero-order chi connectivity index (χ0) is 60.9. The number of phenolic OH excluding ortho intramolecular Hbond substituents is 2. The van der Waals surface area contributed by atoms with E-state index in [9.17, 15) is 83.4 Å². The van der Waals surface area contributed by atoms with Crippen LogP contribution in [0.15, 0.2) is 53.5 Å². The van der Waals surface area contributed by atoms with Gasteiger partial charge in [0.1, 0.15) is 59.8 Å². The van der Waals surface area contributed by atoms with Gasteiger partial charge in [0.15, 0.2) is 5.96 Å². The van der Waals surface area contributed by atoms with Gasteiger partial charge in [0.25, 0.3) is 0 Å². The zero-order valence-electron chi connectivity index (χ0n) is 45.2. The van der Waals surface area contributed by atoms with E-state index in [1.807, 2.05) is 0 Å². The number of guanidine groups is 1. The molecule has 0 unspecified atom stereocenters. The Labute approximate surface area is 466 Å². The summed E-state index contributed by atoms with van der Waals surface area (Å²) in [4.78, 5) is 149. The molecule has 2 aromatic carbocycles. The van der Waals surface area contributed by atoms with Crippen LogP contribution in [0.4, 0.5) is 0 Å². The molecule has 0 saturated heterocycles. The molecular formula is C51H77N13O17. The van der Waals surface area contributed by atoms with Gasteiger partial charge in [-0.15, -0.1) is 0 Å². The number of amides is 8. The van der Waals surface area contributed by atoms with Crippen molar-refractivity contribution in [3.05, 3.63) is 59.7 Å². The average Bonchev–Trinajstić information content (AvgIpc) is 3.41. The van der Waals surface area contributed by atoms with Gasteiger partial charge in [-0.05, 0) is 99.7 Å². The van der Waals surface area contributed by atoms with Crippen LogP contribution >= 0.6 is 0 Å². The molecule has 0 saturated carbocycles.